The van der Waals surface area contributed by atoms with Gasteiger partial charge in [-0.05, 0) is 57.3 Å². The molecule has 0 unspecified atom stereocenters. The maximum atomic E-state index is 13.2. The number of thiophene rings is 1. The van der Waals surface area contributed by atoms with Crippen molar-refractivity contribution >= 4 is 45.0 Å². The van der Waals surface area contributed by atoms with Crippen LogP contribution in [0.4, 0.5) is 22.1 Å². The van der Waals surface area contributed by atoms with Crippen LogP contribution in [0.15, 0.2) is 136 Å². The number of nitrogens with one attached hydrogen (secondary N) is 2. The Morgan fingerprint density at radius 2 is 1.04 bits per heavy atom. The molecule has 55 heavy (non-hydrogen) atoms. The number of aromatic nitrogens is 5. The second-order valence-electron chi connectivity index (χ2n) is 12.3. The van der Waals surface area contributed by atoms with Crippen LogP contribution in [0.3, 0.4) is 0 Å². The maximum Gasteiger partial charge on any atom is 0.291 e. The minimum atomic E-state index is -0.352. The Hall–Kier alpha value is -6.79. The number of hydrogen-bond acceptors (Lipinski definition) is 10. The highest BCUT2D eigenvalue weighted by Gasteiger charge is 2.24. The standard InChI is InChI=1S/C25H22N4O2.C18H17N3O2S/c1-3-29-25(31)24(21(17(2)30)23(28-29)19-13-8-5-9-14-19)27-20-15-10-16-26-22(20)18-11-6-4-7-12-18;1-3-21-18(23)17(19-14-10-7-11-24-14)15(12(2)22)16(20-21)13-8-5-4-6-9-13/h4-16,27H,3H2,1-2H3;4-11,19H,3H2,1-2H3. The fourth-order valence-electron chi connectivity index (χ4n) is 6.02. The lowest BCUT2D eigenvalue weighted by Crippen LogP contribution is -2.28. The minimum absolute atomic E-state index is 0.194. The Balaban J connectivity index is 0.000000193. The first kappa shape index (κ1) is 38.0. The van der Waals surface area contributed by atoms with E-state index in [-0.39, 0.29) is 39.6 Å². The van der Waals surface area contributed by atoms with E-state index in [1.165, 1.54) is 34.5 Å². The predicted molar refractivity (Wildman–Crippen MR) is 220 cm³/mol. The number of anilines is 4. The molecule has 12 heteroatoms. The molecule has 7 aromatic rings. The molecule has 0 aliphatic rings. The van der Waals surface area contributed by atoms with Crippen molar-refractivity contribution in [1.29, 1.82) is 0 Å². The fraction of sp³-hybridized carbons (Fsp3) is 0.140. The smallest absolute Gasteiger partial charge is 0.291 e. The molecule has 2 N–H and O–H groups in total. The van der Waals surface area contributed by atoms with Crippen molar-refractivity contribution < 1.29 is 9.59 Å². The van der Waals surface area contributed by atoms with E-state index >= 15 is 0 Å². The summed E-state index contributed by atoms with van der Waals surface area (Å²) in [7, 11) is 0. The number of Topliss-reactive ketones (excluding diaryl/α,β-unsaturated/α-hetero) is 2. The molecular weight excluding hydrogens is 711 g/mol. The van der Waals surface area contributed by atoms with Gasteiger partial charge in [0.25, 0.3) is 11.1 Å². The van der Waals surface area contributed by atoms with Crippen LogP contribution < -0.4 is 21.8 Å². The van der Waals surface area contributed by atoms with E-state index in [4.69, 9.17) is 0 Å². The van der Waals surface area contributed by atoms with Gasteiger partial charge in [0.1, 0.15) is 22.8 Å². The monoisotopic (exact) mass is 749 g/mol. The topological polar surface area (TPSA) is 141 Å². The lowest BCUT2D eigenvalue weighted by Gasteiger charge is -2.17. The molecule has 0 saturated heterocycles. The van der Waals surface area contributed by atoms with E-state index in [1.54, 1.807) is 12.3 Å². The number of aryl methyl sites for hydroxylation is 2. The molecule has 0 aliphatic heterocycles. The summed E-state index contributed by atoms with van der Waals surface area (Å²) in [6.45, 7) is 7.41. The molecule has 0 aliphatic carbocycles. The van der Waals surface area contributed by atoms with Crippen LogP contribution in [0, 0.1) is 0 Å². The molecule has 0 fully saturated rings. The van der Waals surface area contributed by atoms with Crippen molar-refractivity contribution in [1.82, 2.24) is 24.5 Å². The Labute approximate surface area is 322 Å². The molecular formula is C43H39N7O4S. The first-order chi connectivity index (χ1) is 26.7. The van der Waals surface area contributed by atoms with Gasteiger partial charge >= 0.3 is 0 Å². The summed E-state index contributed by atoms with van der Waals surface area (Å²) in [5, 5.41) is 18.0. The van der Waals surface area contributed by atoms with Gasteiger partial charge in [0.15, 0.2) is 11.6 Å². The van der Waals surface area contributed by atoms with E-state index in [2.05, 4.69) is 25.8 Å². The van der Waals surface area contributed by atoms with E-state index in [0.717, 1.165) is 21.7 Å². The van der Waals surface area contributed by atoms with Crippen LogP contribution in [0.1, 0.15) is 48.4 Å². The number of rotatable bonds is 11. The molecule has 0 amide bonds. The zero-order chi connectivity index (χ0) is 38.9. The molecule has 0 bridgehead atoms. The highest BCUT2D eigenvalue weighted by Crippen LogP contribution is 2.32. The summed E-state index contributed by atoms with van der Waals surface area (Å²) in [4.78, 5) is 55.5. The summed E-state index contributed by atoms with van der Waals surface area (Å²) in [5.41, 5.74) is 5.23. The first-order valence-corrected chi connectivity index (χ1v) is 18.6. The van der Waals surface area contributed by atoms with E-state index < -0.39 is 0 Å². The minimum Gasteiger partial charge on any atom is -0.349 e. The molecule has 11 nitrogen and oxygen atoms in total. The Kier molecular flexibility index (Phi) is 12.0. The highest BCUT2D eigenvalue weighted by molar-refractivity contribution is 7.14. The van der Waals surface area contributed by atoms with Crippen molar-refractivity contribution in [3.05, 3.63) is 159 Å². The summed E-state index contributed by atoms with van der Waals surface area (Å²) in [5.74, 6) is -0.430. The number of pyridine rings is 1. The highest BCUT2D eigenvalue weighted by atomic mass is 32.1. The SMILES string of the molecule is CCn1nc(-c2ccccc2)c(C(C)=O)c(Nc2cccnc2-c2ccccc2)c1=O.CCn1nc(-c2ccccc2)c(C(C)=O)c(Nc2cccs2)c1=O. The molecule has 4 aromatic heterocycles. The largest absolute Gasteiger partial charge is 0.349 e. The molecule has 4 heterocycles. The molecule has 0 atom stereocenters. The summed E-state index contributed by atoms with van der Waals surface area (Å²) in [6.07, 6.45) is 1.70. The van der Waals surface area contributed by atoms with Crippen LogP contribution >= 0.6 is 11.3 Å². The molecule has 3 aromatic carbocycles. The van der Waals surface area contributed by atoms with Crippen molar-refractivity contribution in [2.45, 2.75) is 40.8 Å². The quantitative estimate of drug-likeness (QED) is 0.124. The average Bonchev–Trinajstić information content (AvgIpc) is 3.73. The van der Waals surface area contributed by atoms with E-state index in [0.29, 0.717) is 41.4 Å². The zero-order valence-corrected chi connectivity index (χ0v) is 31.6. The van der Waals surface area contributed by atoms with Crippen molar-refractivity contribution in [2.24, 2.45) is 0 Å². The second-order valence-corrected chi connectivity index (χ2v) is 13.2. The van der Waals surface area contributed by atoms with Gasteiger partial charge in [0, 0.05) is 36.0 Å². The van der Waals surface area contributed by atoms with Crippen LogP contribution in [0.2, 0.25) is 0 Å². The average molecular weight is 750 g/mol. The number of carbonyl (C=O) groups is 2. The van der Waals surface area contributed by atoms with Crippen molar-refractivity contribution in [3.8, 4) is 33.8 Å². The predicted octanol–water partition coefficient (Wildman–Crippen LogP) is 8.88. The molecule has 0 radical (unpaired) electrons. The van der Waals surface area contributed by atoms with Gasteiger partial charge in [-0.2, -0.15) is 10.2 Å². The summed E-state index contributed by atoms with van der Waals surface area (Å²) < 4.78 is 2.75. The molecule has 7 rings (SSSR count). The third-order valence-electron chi connectivity index (χ3n) is 8.59. The lowest BCUT2D eigenvalue weighted by molar-refractivity contribution is 0.101. The Bertz CT molecular complexity index is 2550. The van der Waals surface area contributed by atoms with Gasteiger partial charge in [-0.25, -0.2) is 9.36 Å². The maximum absolute atomic E-state index is 13.2. The fourth-order valence-corrected chi connectivity index (χ4v) is 6.64. The second kappa shape index (κ2) is 17.4. The van der Waals surface area contributed by atoms with Crippen LogP contribution in [0.25, 0.3) is 33.8 Å². The number of benzene rings is 3. The van der Waals surface area contributed by atoms with Gasteiger partial charge in [0.05, 0.1) is 27.5 Å². The number of nitrogens with zero attached hydrogens (tertiary/aromatic N) is 5. The van der Waals surface area contributed by atoms with Crippen LogP contribution in [-0.4, -0.2) is 36.1 Å². The van der Waals surface area contributed by atoms with Crippen molar-refractivity contribution in [2.75, 3.05) is 10.6 Å². The molecule has 276 valence electrons. The third kappa shape index (κ3) is 8.40. The van der Waals surface area contributed by atoms with E-state index in [1.807, 2.05) is 128 Å². The van der Waals surface area contributed by atoms with E-state index in [9.17, 15) is 19.2 Å². The van der Waals surface area contributed by atoms with Gasteiger partial charge in [-0.1, -0.05) is 91.0 Å². The van der Waals surface area contributed by atoms with Crippen LogP contribution in [-0.2, 0) is 13.1 Å². The zero-order valence-electron chi connectivity index (χ0n) is 30.8. The summed E-state index contributed by atoms with van der Waals surface area (Å²) >= 11 is 1.47. The Morgan fingerprint density at radius 3 is 1.45 bits per heavy atom. The lowest BCUT2D eigenvalue weighted by atomic mass is 10.0. The van der Waals surface area contributed by atoms with Crippen molar-refractivity contribution in [3.63, 3.8) is 0 Å². The normalized spacial score (nSPS) is 10.6. The van der Waals surface area contributed by atoms with Gasteiger partial charge < -0.3 is 10.6 Å². The summed E-state index contributed by atoms with van der Waals surface area (Å²) in [6, 6.07) is 35.9. The van der Waals surface area contributed by atoms with Gasteiger partial charge in [-0.15, -0.1) is 11.3 Å². The van der Waals surface area contributed by atoms with Crippen LogP contribution in [0.5, 0.6) is 0 Å². The number of ketones is 2. The third-order valence-corrected chi connectivity index (χ3v) is 9.38. The number of carbonyl (C=O) groups excluding carboxylic acids is 2. The Morgan fingerprint density at radius 1 is 0.582 bits per heavy atom. The molecule has 0 saturated carbocycles. The van der Waals surface area contributed by atoms with Gasteiger partial charge in [-0.3, -0.25) is 24.2 Å². The van der Waals surface area contributed by atoms with Gasteiger partial charge in [0.2, 0.25) is 0 Å². The molecule has 0 spiro atoms. The number of hydrogen-bond donors (Lipinski definition) is 2. The first-order valence-electron chi connectivity index (χ1n) is 17.7.